The van der Waals surface area contributed by atoms with Crippen molar-refractivity contribution < 1.29 is 14.3 Å². The van der Waals surface area contributed by atoms with Gasteiger partial charge in [-0.3, -0.25) is 4.79 Å². The average molecular weight is 316 g/mol. The Hall–Kier alpha value is -2.67. The summed E-state index contributed by atoms with van der Waals surface area (Å²) in [5.41, 5.74) is 1.17. The second-order valence-corrected chi connectivity index (χ2v) is 4.72. The predicted molar refractivity (Wildman–Crippen MR) is 87.1 cm³/mol. The van der Waals surface area contributed by atoms with Crippen molar-refractivity contribution in [2.45, 2.75) is 6.42 Å². The molecule has 2 aromatic rings. The minimum Gasteiger partial charge on any atom is -0.495 e. The molecule has 0 unspecified atom stereocenters. The lowest BCUT2D eigenvalue weighted by Gasteiger charge is -2.09. The number of methoxy groups -OCH3 is 2. The normalized spacial score (nSPS) is 10.2. The first-order valence-corrected chi connectivity index (χ1v) is 7.24. The van der Waals surface area contributed by atoms with Gasteiger partial charge in [0.25, 0.3) is 5.91 Å². The van der Waals surface area contributed by atoms with Crippen LogP contribution >= 0.6 is 0 Å². The van der Waals surface area contributed by atoms with Crippen LogP contribution in [0.1, 0.15) is 16.8 Å². The van der Waals surface area contributed by atoms with Crippen LogP contribution in [0.4, 0.5) is 11.6 Å². The van der Waals surface area contributed by atoms with E-state index in [1.807, 2.05) is 24.3 Å². The minimum absolute atomic E-state index is 0.204. The van der Waals surface area contributed by atoms with Crippen LogP contribution in [-0.2, 0) is 4.74 Å². The molecule has 1 amide bonds. The number of hydrogen-bond acceptors (Lipinski definition) is 6. The fraction of sp³-hybridized carbons (Fsp3) is 0.312. The number of carbonyl (C=O) groups is 1. The number of rotatable bonds is 8. The fourth-order valence-corrected chi connectivity index (χ4v) is 1.90. The third-order valence-corrected chi connectivity index (χ3v) is 3.08. The summed E-state index contributed by atoms with van der Waals surface area (Å²) in [6.07, 6.45) is 3.73. The number of hydrogen-bond donors (Lipinski definition) is 2. The monoisotopic (exact) mass is 316 g/mol. The van der Waals surface area contributed by atoms with Gasteiger partial charge in [0.2, 0.25) is 5.95 Å². The molecule has 7 heteroatoms. The molecule has 0 saturated carbocycles. The van der Waals surface area contributed by atoms with E-state index >= 15 is 0 Å². The van der Waals surface area contributed by atoms with E-state index in [1.165, 1.54) is 12.4 Å². The Kier molecular flexibility index (Phi) is 6.31. The predicted octanol–water partition coefficient (Wildman–Crippen LogP) is 2.00. The Labute approximate surface area is 135 Å². The van der Waals surface area contributed by atoms with Gasteiger partial charge in [-0.25, -0.2) is 9.97 Å². The van der Waals surface area contributed by atoms with Gasteiger partial charge in [0.1, 0.15) is 5.75 Å². The molecule has 0 radical (unpaired) electrons. The van der Waals surface area contributed by atoms with Gasteiger partial charge < -0.3 is 20.1 Å². The molecule has 0 spiro atoms. The number of anilines is 2. The number of aromatic nitrogens is 2. The number of ether oxygens (including phenoxy) is 2. The van der Waals surface area contributed by atoms with Gasteiger partial charge in [-0.2, -0.15) is 0 Å². The molecule has 0 fully saturated rings. The average Bonchev–Trinajstić information content (AvgIpc) is 2.59. The summed E-state index contributed by atoms with van der Waals surface area (Å²) in [6.45, 7) is 1.16. The SMILES string of the molecule is COCCCNC(=O)c1cnc(Nc2ccccc2OC)nc1. The van der Waals surface area contributed by atoms with E-state index in [0.29, 0.717) is 30.4 Å². The lowest BCUT2D eigenvalue weighted by Crippen LogP contribution is -2.25. The first kappa shape index (κ1) is 16.7. The first-order chi connectivity index (χ1) is 11.2. The highest BCUT2D eigenvalue weighted by Gasteiger charge is 2.08. The number of carbonyl (C=O) groups excluding carboxylic acids is 1. The molecule has 0 atom stereocenters. The highest BCUT2D eigenvalue weighted by molar-refractivity contribution is 5.93. The van der Waals surface area contributed by atoms with Crippen molar-refractivity contribution in [2.75, 3.05) is 32.7 Å². The summed E-state index contributed by atoms with van der Waals surface area (Å²) in [5.74, 6) is 0.881. The van der Waals surface area contributed by atoms with Gasteiger partial charge in [-0.05, 0) is 18.6 Å². The van der Waals surface area contributed by atoms with E-state index in [0.717, 1.165) is 12.1 Å². The Balaban J connectivity index is 1.95. The largest absolute Gasteiger partial charge is 0.495 e. The highest BCUT2D eigenvalue weighted by Crippen LogP contribution is 2.25. The zero-order chi connectivity index (χ0) is 16.5. The van der Waals surface area contributed by atoms with Crippen LogP contribution in [0.5, 0.6) is 5.75 Å². The minimum atomic E-state index is -0.204. The molecule has 1 aromatic carbocycles. The van der Waals surface area contributed by atoms with Crippen LogP contribution in [0.25, 0.3) is 0 Å². The number of para-hydroxylation sites is 2. The Morgan fingerprint density at radius 1 is 1.17 bits per heavy atom. The van der Waals surface area contributed by atoms with E-state index < -0.39 is 0 Å². The van der Waals surface area contributed by atoms with Gasteiger partial charge in [0, 0.05) is 32.7 Å². The quantitative estimate of drug-likeness (QED) is 0.725. The lowest BCUT2D eigenvalue weighted by molar-refractivity contribution is 0.0948. The number of nitrogens with one attached hydrogen (secondary N) is 2. The summed E-state index contributed by atoms with van der Waals surface area (Å²) in [4.78, 5) is 20.2. The van der Waals surface area contributed by atoms with E-state index in [4.69, 9.17) is 9.47 Å². The Morgan fingerprint density at radius 3 is 2.61 bits per heavy atom. The third-order valence-electron chi connectivity index (χ3n) is 3.08. The van der Waals surface area contributed by atoms with Crippen molar-refractivity contribution in [1.29, 1.82) is 0 Å². The summed E-state index contributed by atoms with van der Waals surface area (Å²) >= 11 is 0. The maximum atomic E-state index is 11.9. The van der Waals surface area contributed by atoms with Crippen molar-refractivity contribution in [1.82, 2.24) is 15.3 Å². The highest BCUT2D eigenvalue weighted by atomic mass is 16.5. The molecule has 0 aliphatic carbocycles. The van der Waals surface area contributed by atoms with Gasteiger partial charge in [0.15, 0.2) is 0 Å². The maximum Gasteiger partial charge on any atom is 0.254 e. The molecule has 0 aliphatic rings. The van der Waals surface area contributed by atoms with E-state index in [1.54, 1.807) is 14.2 Å². The second kappa shape index (κ2) is 8.70. The van der Waals surface area contributed by atoms with Crippen molar-refractivity contribution in [3.05, 3.63) is 42.2 Å². The molecule has 23 heavy (non-hydrogen) atoms. The van der Waals surface area contributed by atoms with Crippen molar-refractivity contribution in [2.24, 2.45) is 0 Å². The molecular formula is C16H20N4O3. The van der Waals surface area contributed by atoms with Crippen LogP contribution in [0, 0.1) is 0 Å². The fourth-order valence-electron chi connectivity index (χ4n) is 1.90. The molecule has 0 aliphatic heterocycles. The third kappa shape index (κ3) is 4.93. The number of nitrogens with zero attached hydrogens (tertiary/aromatic N) is 2. The molecule has 0 bridgehead atoms. The summed E-state index contributed by atoms with van der Waals surface area (Å²) in [6, 6.07) is 7.46. The maximum absolute atomic E-state index is 11.9. The second-order valence-electron chi connectivity index (χ2n) is 4.72. The van der Waals surface area contributed by atoms with Crippen LogP contribution < -0.4 is 15.4 Å². The molecule has 1 heterocycles. The lowest BCUT2D eigenvalue weighted by atomic mass is 10.3. The summed E-state index contributed by atoms with van der Waals surface area (Å²) in [7, 11) is 3.22. The zero-order valence-corrected chi connectivity index (χ0v) is 13.2. The molecular weight excluding hydrogens is 296 g/mol. The van der Waals surface area contributed by atoms with E-state index in [9.17, 15) is 4.79 Å². The van der Waals surface area contributed by atoms with Crippen LogP contribution in [0.15, 0.2) is 36.7 Å². The Morgan fingerprint density at radius 2 is 1.91 bits per heavy atom. The van der Waals surface area contributed by atoms with Crippen LogP contribution in [-0.4, -0.2) is 43.2 Å². The molecule has 0 saturated heterocycles. The summed E-state index contributed by atoms with van der Waals surface area (Å²) < 4.78 is 10.2. The topological polar surface area (TPSA) is 85.4 Å². The zero-order valence-electron chi connectivity index (χ0n) is 13.2. The van der Waals surface area contributed by atoms with E-state index in [2.05, 4.69) is 20.6 Å². The van der Waals surface area contributed by atoms with E-state index in [-0.39, 0.29) is 5.91 Å². The van der Waals surface area contributed by atoms with Gasteiger partial charge in [-0.15, -0.1) is 0 Å². The van der Waals surface area contributed by atoms with Gasteiger partial charge in [-0.1, -0.05) is 12.1 Å². The Bertz CT molecular complexity index is 631. The van der Waals surface area contributed by atoms with Gasteiger partial charge >= 0.3 is 0 Å². The molecule has 2 N–H and O–H groups in total. The molecule has 1 aromatic heterocycles. The number of benzene rings is 1. The summed E-state index contributed by atoms with van der Waals surface area (Å²) in [5, 5.41) is 5.84. The van der Waals surface area contributed by atoms with Crippen LogP contribution in [0.2, 0.25) is 0 Å². The van der Waals surface area contributed by atoms with Crippen molar-refractivity contribution in [3.63, 3.8) is 0 Å². The molecule has 2 rings (SSSR count). The first-order valence-electron chi connectivity index (χ1n) is 7.24. The van der Waals surface area contributed by atoms with Crippen molar-refractivity contribution in [3.8, 4) is 5.75 Å². The number of amides is 1. The molecule has 122 valence electrons. The smallest absolute Gasteiger partial charge is 0.254 e. The molecule has 7 nitrogen and oxygen atoms in total. The van der Waals surface area contributed by atoms with Crippen molar-refractivity contribution >= 4 is 17.5 Å². The van der Waals surface area contributed by atoms with Gasteiger partial charge in [0.05, 0.1) is 18.4 Å². The standard InChI is InChI=1S/C16H20N4O3/c1-22-9-5-8-17-15(21)12-10-18-16(19-11-12)20-13-6-3-4-7-14(13)23-2/h3-4,6-7,10-11H,5,8-9H2,1-2H3,(H,17,21)(H,18,19,20). The van der Waals surface area contributed by atoms with Crippen LogP contribution in [0.3, 0.4) is 0 Å².